The van der Waals surface area contributed by atoms with Gasteiger partial charge in [0.15, 0.2) is 0 Å². The number of piperazine rings is 1. The van der Waals surface area contributed by atoms with Crippen LogP contribution in [0.1, 0.15) is 6.42 Å². The van der Waals surface area contributed by atoms with Crippen molar-refractivity contribution in [2.24, 2.45) is 0 Å². The van der Waals surface area contributed by atoms with Crippen molar-refractivity contribution in [2.75, 3.05) is 36.8 Å². The number of anilines is 1. The predicted octanol–water partition coefficient (Wildman–Crippen LogP) is 3.19. The number of aryl methyl sites for hydroxylation is 1. The van der Waals surface area contributed by atoms with Gasteiger partial charge < -0.3 is 15.1 Å². The first-order chi connectivity index (χ1) is 18.2. The molecule has 8 nitrogen and oxygen atoms in total. The van der Waals surface area contributed by atoms with Crippen molar-refractivity contribution in [1.82, 2.24) is 19.8 Å². The summed E-state index contributed by atoms with van der Waals surface area (Å²) in [4.78, 5) is 47.3. The fraction of sp³-hybridized carbons (Fsp3) is 0.308. The van der Waals surface area contributed by atoms with Crippen LogP contribution in [-0.2, 0) is 16.1 Å². The van der Waals surface area contributed by atoms with Crippen LogP contribution < -0.4 is 15.9 Å². The maximum Gasteiger partial charge on any atom is 0.350 e. The van der Waals surface area contributed by atoms with Gasteiger partial charge in [0.05, 0.1) is 17.1 Å². The highest BCUT2D eigenvalue weighted by atomic mass is 35.5. The Labute approximate surface area is 225 Å². The molecule has 2 fully saturated rings. The minimum atomic E-state index is -1.12. The summed E-state index contributed by atoms with van der Waals surface area (Å²) in [5.74, 6) is -1.16. The molecule has 2 aromatic carbocycles. The van der Waals surface area contributed by atoms with E-state index in [4.69, 9.17) is 11.6 Å². The molecule has 4 heterocycles. The standard InChI is InChI=1S/C26H22ClF2N5O3S/c1-2-19(35)34-8-7-32(13-26(34)5-6-30-24(26)36)23-16-12-17(27)20(15-4-3-14(28)11-18(15)29)22-21(16)33(9-10-38-22)25(37)31-23/h2-4,11-12H,1,5-10,13H2,(H,30,36). The number of nitrogens with zero attached hydrogens (tertiary/aromatic N) is 4. The molecule has 1 aromatic heterocycles. The maximum atomic E-state index is 14.9. The zero-order valence-corrected chi connectivity index (χ0v) is 21.7. The lowest BCUT2D eigenvalue weighted by atomic mass is 9.91. The van der Waals surface area contributed by atoms with E-state index in [0.717, 1.165) is 6.07 Å². The Balaban J connectivity index is 1.55. The fourth-order valence-corrected chi connectivity index (χ4v) is 7.29. The molecule has 3 aliphatic heterocycles. The van der Waals surface area contributed by atoms with Gasteiger partial charge in [-0.2, -0.15) is 4.98 Å². The number of rotatable bonds is 3. The summed E-state index contributed by atoms with van der Waals surface area (Å²) in [7, 11) is 0. The summed E-state index contributed by atoms with van der Waals surface area (Å²) < 4.78 is 30.1. The van der Waals surface area contributed by atoms with Crippen LogP contribution in [0, 0.1) is 11.6 Å². The van der Waals surface area contributed by atoms with Gasteiger partial charge in [-0.1, -0.05) is 18.2 Å². The summed E-state index contributed by atoms with van der Waals surface area (Å²) in [6, 6.07) is 4.95. The topological polar surface area (TPSA) is 87.5 Å². The average Bonchev–Trinajstić information content (AvgIpc) is 3.25. The third-order valence-corrected chi connectivity index (χ3v) is 8.83. The molecule has 0 saturated carbocycles. The molecule has 1 spiro atoms. The number of amides is 2. The quantitative estimate of drug-likeness (QED) is 0.498. The van der Waals surface area contributed by atoms with Gasteiger partial charge in [-0.25, -0.2) is 13.6 Å². The number of halogens is 3. The molecular weight excluding hydrogens is 536 g/mol. The number of carbonyl (C=O) groups is 2. The molecule has 0 radical (unpaired) electrons. The molecule has 2 amide bonds. The molecule has 12 heteroatoms. The summed E-state index contributed by atoms with van der Waals surface area (Å²) in [6.45, 7) is 5.10. The van der Waals surface area contributed by atoms with Crippen LogP contribution in [-0.4, -0.2) is 63.7 Å². The van der Waals surface area contributed by atoms with E-state index < -0.39 is 22.9 Å². The second kappa shape index (κ2) is 9.09. The zero-order valence-electron chi connectivity index (χ0n) is 20.1. The summed E-state index contributed by atoms with van der Waals surface area (Å²) in [5, 5.41) is 3.64. The number of benzene rings is 2. The largest absolute Gasteiger partial charge is 0.354 e. The van der Waals surface area contributed by atoms with E-state index in [-0.39, 0.29) is 35.5 Å². The Morgan fingerprint density at radius 1 is 1.21 bits per heavy atom. The van der Waals surface area contributed by atoms with Crippen LogP contribution in [0.25, 0.3) is 22.0 Å². The van der Waals surface area contributed by atoms with E-state index in [1.807, 2.05) is 4.90 Å². The highest BCUT2D eigenvalue weighted by Gasteiger charge is 2.52. The van der Waals surface area contributed by atoms with Crippen LogP contribution in [0.4, 0.5) is 14.6 Å². The van der Waals surface area contributed by atoms with Crippen LogP contribution in [0.5, 0.6) is 0 Å². The van der Waals surface area contributed by atoms with Crippen LogP contribution in [0.2, 0.25) is 5.02 Å². The SMILES string of the molecule is C=CC(=O)N1CCN(c2nc(=O)n3c4c(c(-c5ccc(F)cc5F)c(Cl)cc24)SCC3)CC12CCNC2=O. The lowest BCUT2D eigenvalue weighted by molar-refractivity contribution is -0.142. The Morgan fingerprint density at radius 2 is 2.03 bits per heavy atom. The molecule has 0 aliphatic carbocycles. The first-order valence-electron chi connectivity index (χ1n) is 12.1. The van der Waals surface area contributed by atoms with Crippen molar-refractivity contribution in [2.45, 2.75) is 23.4 Å². The number of thioether (sulfide) groups is 1. The predicted molar refractivity (Wildman–Crippen MR) is 142 cm³/mol. The Morgan fingerprint density at radius 3 is 2.74 bits per heavy atom. The van der Waals surface area contributed by atoms with Crippen molar-refractivity contribution >= 4 is 51.9 Å². The molecule has 6 rings (SSSR count). The highest BCUT2D eigenvalue weighted by Crippen LogP contribution is 2.46. The fourth-order valence-electron chi connectivity index (χ4n) is 5.73. The van der Waals surface area contributed by atoms with E-state index in [2.05, 4.69) is 16.9 Å². The minimum Gasteiger partial charge on any atom is -0.354 e. The number of hydrogen-bond acceptors (Lipinski definition) is 6. The van der Waals surface area contributed by atoms with Gasteiger partial charge in [-0.05, 0) is 30.7 Å². The first-order valence-corrected chi connectivity index (χ1v) is 13.4. The maximum absolute atomic E-state index is 14.9. The normalized spacial score (nSPS) is 20.8. The Bertz CT molecular complexity index is 1610. The van der Waals surface area contributed by atoms with Crippen molar-refractivity contribution in [3.63, 3.8) is 0 Å². The first kappa shape index (κ1) is 24.9. The summed E-state index contributed by atoms with van der Waals surface area (Å²) >= 11 is 8.19. The molecule has 2 saturated heterocycles. The Hall–Kier alpha value is -3.44. The van der Waals surface area contributed by atoms with Gasteiger partial charge in [0.25, 0.3) is 0 Å². The second-order valence-electron chi connectivity index (χ2n) is 9.45. The van der Waals surface area contributed by atoms with Crippen molar-refractivity contribution in [3.05, 3.63) is 64.1 Å². The van der Waals surface area contributed by atoms with Crippen molar-refractivity contribution in [1.29, 1.82) is 0 Å². The van der Waals surface area contributed by atoms with E-state index in [9.17, 15) is 23.2 Å². The van der Waals surface area contributed by atoms with Gasteiger partial charge in [-0.3, -0.25) is 14.2 Å². The number of hydrogen-bond donors (Lipinski definition) is 1. The Kier molecular flexibility index (Phi) is 5.95. The van der Waals surface area contributed by atoms with E-state index in [0.29, 0.717) is 59.0 Å². The minimum absolute atomic E-state index is 0.137. The molecule has 38 heavy (non-hydrogen) atoms. The van der Waals surface area contributed by atoms with Crippen molar-refractivity contribution < 1.29 is 18.4 Å². The zero-order chi connectivity index (χ0) is 26.8. The smallest absolute Gasteiger partial charge is 0.350 e. The number of nitrogens with one attached hydrogen (secondary N) is 1. The second-order valence-corrected chi connectivity index (χ2v) is 11.0. The summed E-state index contributed by atoms with van der Waals surface area (Å²) in [5.41, 5.74) is -0.509. The van der Waals surface area contributed by atoms with Gasteiger partial charge in [0.2, 0.25) is 11.8 Å². The average molecular weight is 558 g/mol. The molecule has 1 N–H and O–H groups in total. The van der Waals surface area contributed by atoms with E-state index >= 15 is 0 Å². The molecule has 1 atom stereocenters. The van der Waals surface area contributed by atoms with E-state index in [1.54, 1.807) is 10.6 Å². The lowest BCUT2D eigenvalue weighted by Crippen LogP contribution is -2.67. The molecule has 3 aliphatic rings. The third kappa shape index (κ3) is 3.63. The van der Waals surface area contributed by atoms with Crippen LogP contribution in [0.15, 0.2) is 46.6 Å². The van der Waals surface area contributed by atoms with Gasteiger partial charge in [0.1, 0.15) is 23.0 Å². The molecule has 3 aromatic rings. The molecule has 196 valence electrons. The van der Waals surface area contributed by atoms with Gasteiger partial charge >= 0.3 is 5.69 Å². The lowest BCUT2D eigenvalue weighted by Gasteiger charge is -2.47. The highest BCUT2D eigenvalue weighted by molar-refractivity contribution is 7.99. The summed E-state index contributed by atoms with van der Waals surface area (Å²) in [6.07, 6.45) is 1.61. The monoisotopic (exact) mass is 557 g/mol. The van der Waals surface area contributed by atoms with Crippen molar-refractivity contribution in [3.8, 4) is 11.1 Å². The molecular formula is C26H22ClF2N5O3S. The molecule has 1 unspecified atom stereocenters. The van der Waals surface area contributed by atoms with Gasteiger partial charge in [-0.15, -0.1) is 11.8 Å². The van der Waals surface area contributed by atoms with Gasteiger partial charge in [0, 0.05) is 59.4 Å². The number of carbonyl (C=O) groups excluding carboxylic acids is 2. The van der Waals surface area contributed by atoms with E-state index in [1.165, 1.54) is 34.9 Å². The van der Waals surface area contributed by atoms with Crippen LogP contribution >= 0.6 is 23.4 Å². The third-order valence-electron chi connectivity index (χ3n) is 7.46. The number of aromatic nitrogens is 2. The van der Waals surface area contributed by atoms with Crippen LogP contribution in [0.3, 0.4) is 0 Å². The molecule has 0 bridgehead atoms.